The van der Waals surface area contributed by atoms with Crippen LogP contribution in [-0.4, -0.2) is 44.9 Å². The van der Waals surface area contributed by atoms with Crippen molar-refractivity contribution in [2.45, 2.75) is 69.3 Å². The minimum absolute atomic E-state index is 0.00391. The third-order valence-electron chi connectivity index (χ3n) is 6.69. The van der Waals surface area contributed by atoms with Crippen LogP contribution in [-0.2, 0) is 32.7 Å². The number of carbonyl (C=O) groups is 2. The number of anilines is 1. The lowest BCUT2D eigenvalue weighted by Crippen LogP contribution is -2.31. The third-order valence-corrected chi connectivity index (χ3v) is 7.88. The summed E-state index contributed by atoms with van der Waals surface area (Å²) in [7, 11) is 1.97. The van der Waals surface area contributed by atoms with Gasteiger partial charge in [-0.15, -0.1) is 0 Å². The maximum Gasteiger partial charge on any atom is 0.224 e. The number of hydrogen-bond donors (Lipinski definition) is 3. The van der Waals surface area contributed by atoms with Gasteiger partial charge < -0.3 is 29.8 Å². The number of carbonyl (C=O) groups excluding carboxylic acids is 2. The average molecular weight is 567 g/mol. The van der Waals surface area contributed by atoms with Gasteiger partial charge in [-0.2, -0.15) is 0 Å². The van der Waals surface area contributed by atoms with E-state index < -0.39 is 6.29 Å². The summed E-state index contributed by atoms with van der Waals surface area (Å²) in [6.45, 7) is 2.13. The largest absolute Gasteiger partial charge is 0.392 e. The minimum Gasteiger partial charge on any atom is -0.392 e. The first-order valence-corrected chi connectivity index (χ1v) is 14.6. The molecule has 2 aromatic carbocycles. The fraction of sp³-hybridized carbons (Fsp3) is 0.433. The van der Waals surface area contributed by atoms with Gasteiger partial charge >= 0.3 is 0 Å². The van der Waals surface area contributed by atoms with Crippen LogP contribution in [0.2, 0.25) is 0 Å². The predicted molar refractivity (Wildman–Crippen MR) is 155 cm³/mol. The maximum absolute atomic E-state index is 12.5. The highest BCUT2D eigenvalue weighted by Crippen LogP contribution is 2.39. The Labute approximate surface area is 239 Å². The van der Waals surface area contributed by atoms with Crippen molar-refractivity contribution in [2.75, 3.05) is 17.6 Å². The first-order valence-electron chi connectivity index (χ1n) is 13.7. The van der Waals surface area contributed by atoms with Gasteiger partial charge in [-0.25, -0.2) is 4.98 Å². The summed E-state index contributed by atoms with van der Waals surface area (Å²) < 4.78 is 14.9. The van der Waals surface area contributed by atoms with Crippen LogP contribution in [0.5, 0.6) is 0 Å². The monoisotopic (exact) mass is 566 g/mol. The Kier molecular flexibility index (Phi) is 11.2. The number of benzene rings is 2. The van der Waals surface area contributed by atoms with E-state index in [2.05, 4.69) is 15.6 Å². The second-order valence-electron chi connectivity index (χ2n) is 9.95. The maximum atomic E-state index is 12.5. The van der Waals surface area contributed by atoms with Gasteiger partial charge in [-0.1, -0.05) is 54.6 Å². The van der Waals surface area contributed by atoms with E-state index in [1.165, 1.54) is 6.92 Å². The molecule has 40 heavy (non-hydrogen) atoms. The van der Waals surface area contributed by atoms with E-state index in [4.69, 9.17) is 9.47 Å². The number of ether oxygens (including phenoxy) is 2. The van der Waals surface area contributed by atoms with Gasteiger partial charge in [0.2, 0.25) is 11.8 Å². The van der Waals surface area contributed by atoms with Crippen LogP contribution in [0.15, 0.2) is 66.1 Å². The van der Waals surface area contributed by atoms with E-state index in [0.29, 0.717) is 30.8 Å². The SMILES string of the molecule is CC(=O)NCCCCCC(=O)Nc1cccc(C2OC(CSc3nccn3C)CC(c3ccc(CO)cc3)O2)c1. The lowest BCUT2D eigenvalue weighted by Gasteiger charge is -2.36. The molecule has 1 saturated heterocycles. The molecule has 1 aliphatic rings. The van der Waals surface area contributed by atoms with Crippen molar-refractivity contribution in [3.05, 3.63) is 77.6 Å². The number of imidazole rings is 1. The summed E-state index contributed by atoms with van der Waals surface area (Å²) in [5, 5.41) is 16.1. The second kappa shape index (κ2) is 15.0. The summed E-state index contributed by atoms with van der Waals surface area (Å²) in [6.07, 6.45) is 6.41. The summed E-state index contributed by atoms with van der Waals surface area (Å²) >= 11 is 1.65. The van der Waals surface area contributed by atoms with Crippen molar-refractivity contribution < 1.29 is 24.2 Å². The number of amides is 2. The normalized spacial score (nSPS) is 18.8. The zero-order valence-corrected chi connectivity index (χ0v) is 23.9. The summed E-state index contributed by atoms with van der Waals surface area (Å²) in [5.74, 6) is 0.634. The van der Waals surface area contributed by atoms with Crippen LogP contribution in [0.1, 0.15) is 68.1 Å². The Bertz CT molecular complexity index is 1250. The Hall–Kier alpha value is -3.18. The quantitative estimate of drug-likeness (QED) is 0.199. The topological polar surface area (TPSA) is 115 Å². The number of aryl methyl sites for hydroxylation is 1. The standard InChI is InChI=1S/C30H38N4O5S/c1-21(36)31-14-5-3-4-9-28(37)33-25-8-6-7-24(17-25)29-38-26(20-40-30-32-15-16-34(30)2)18-27(39-29)23-12-10-22(19-35)11-13-23/h6-8,10-13,15-17,26-27,29,35H,3-5,9,14,18-20H2,1-2H3,(H,31,36)(H,33,37). The summed E-state index contributed by atoms with van der Waals surface area (Å²) in [4.78, 5) is 27.9. The van der Waals surface area contributed by atoms with E-state index in [-0.39, 0.29) is 30.6 Å². The molecule has 1 aromatic heterocycles. The second-order valence-corrected chi connectivity index (χ2v) is 10.9. The smallest absolute Gasteiger partial charge is 0.224 e. The molecule has 3 aromatic rings. The van der Waals surface area contributed by atoms with E-state index >= 15 is 0 Å². The number of aromatic nitrogens is 2. The summed E-state index contributed by atoms with van der Waals surface area (Å²) in [5.41, 5.74) is 3.41. The number of nitrogens with zero attached hydrogens (tertiary/aromatic N) is 2. The summed E-state index contributed by atoms with van der Waals surface area (Å²) in [6, 6.07) is 15.4. The van der Waals surface area contributed by atoms with Gasteiger partial charge in [0, 0.05) is 62.8 Å². The number of nitrogens with one attached hydrogen (secondary N) is 2. The Balaban J connectivity index is 1.40. The number of unbranched alkanes of at least 4 members (excludes halogenated alkanes) is 2. The Morgan fingerprint density at radius 3 is 2.65 bits per heavy atom. The van der Waals surface area contributed by atoms with Crippen LogP contribution >= 0.6 is 11.8 Å². The Morgan fingerprint density at radius 2 is 1.93 bits per heavy atom. The van der Waals surface area contributed by atoms with Crippen LogP contribution < -0.4 is 10.6 Å². The van der Waals surface area contributed by atoms with Crippen molar-refractivity contribution in [3.63, 3.8) is 0 Å². The molecular weight excluding hydrogens is 528 g/mol. The van der Waals surface area contributed by atoms with Crippen LogP contribution in [0, 0.1) is 0 Å². The highest BCUT2D eigenvalue weighted by atomic mass is 32.2. The molecule has 1 aliphatic heterocycles. The molecule has 2 amide bonds. The molecule has 0 radical (unpaired) electrons. The molecule has 214 valence electrons. The van der Waals surface area contributed by atoms with Crippen LogP contribution in [0.3, 0.4) is 0 Å². The lowest BCUT2D eigenvalue weighted by atomic mass is 10.0. The van der Waals surface area contributed by atoms with E-state index in [1.54, 1.807) is 18.0 Å². The number of aliphatic hydroxyl groups is 1. The molecule has 0 spiro atoms. The van der Waals surface area contributed by atoms with E-state index in [1.807, 2.05) is 66.3 Å². The fourth-order valence-electron chi connectivity index (χ4n) is 4.52. The minimum atomic E-state index is -0.603. The third kappa shape index (κ3) is 8.92. The number of aliphatic hydroxyl groups excluding tert-OH is 1. The van der Waals surface area contributed by atoms with Crippen molar-refractivity contribution in [3.8, 4) is 0 Å². The molecule has 0 aliphatic carbocycles. The molecule has 3 unspecified atom stereocenters. The Morgan fingerprint density at radius 1 is 1.10 bits per heavy atom. The molecule has 3 N–H and O–H groups in total. The molecule has 9 nitrogen and oxygen atoms in total. The molecular formula is C30H38N4O5S. The molecule has 0 saturated carbocycles. The molecule has 4 rings (SSSR count). The molecule has 1 fully saturated rings. The zero-order chi connectivity index (χ0) is 28.3. The van der Waals surface area contributed by atoms with Gasteiger partial charge in [0.15, 0.2) is 11.4 Å². The number of rotatable bonds is 13. The van der Waals surface area contributed by atoms with Gasteiger partial charge in [-0.3, -0.25) is 9.59 Å². The number of hydrogen-bond acceptors (Lipinski definition) is 7. The highest BCUT2D eigenvalue weighted by Gasteiger charge is 2.32. The van der Waals surface area contributed by atoms with Gasteiger partial charge in [0.25, 0.3) is 0 Å². The zero-order valence-electron chi connectivity index (χ0n) is 23.0. The van der Waals surface area contributed by atoms with Gasteiger partial charge in [-0.05, 0) is 36.1 Å². The van der Waals surface area contributed by atoms with Crippen molar-refractivity contribution in [1.29, 1.82) is 0 Å². The molecule has 3 atom stereocenters. The van der Waals surface area contributed by atoms with E-state index in [9.17, 15) is 14.7 Å². The number of thioether (sulfide) groups is 1. The average Bonchev–Trinajstić information content (AvgIpc) is 3.38. The van der Waals surface area contributed by atoms with Crippen LogP contribution in [0.4, 0.5) is 5.69 Å². The van der Waals surface area contributed by atoms with Crippen LogP contribution in [0.25, 0.3) is 0 Å². The fourth-order valence-corrected chi connectivity index (χ4v) is 5.47. The van der Waals surface area contributed by atoms with Gasteiger partial charge in [0.05, 0.1) is 18.8 Å². The molecule has 2 heterocycles. The lowest BCUT2D eigenvalue weighted by molar-refractivity contribution is -0.245. The van der Waals surface area contributed by atoms with Crippen molar-refractivity contribution >= 4 is 29.3 Å². The molecule has 10 heteroatoms. The molecule has 0 bridgehead atoms. The van der Waals surface area contributed by atoms with Crippen molar-refractivity contribution in [2.24, 2.45) is 7.05 Å². The highest BCUT2D eigenvalue weighted by molar-refractivity contribution is 7.99. The van der Waals surface area contributed by atoms with Crippen molar-refractivity contribution in [1.82, 2.24) is 14.9 Å². The predicted octanol–water partition coefficient (Wildman–Crippen LogP) is 4.89. The first kappa shape index (κ1) is 29.8. The first-order chi connectivity index (χ1) is 19.4. The van der Waals surface area contributed by atoms with E-state index in [0.717, 1.165) is 41.1 Å². The van der Waals surface area contributed by atoms with Gasteiger partial charge in [0.1, 0.15) is 0 Å².